The van der Waals surface area contributed by atoms with Crippen molar-refractivity contribution in [2.24, 2.45) is 0 Å². The van der Waals surface area contributed by atoms with Crippen LogP contribution >= 0.6 is 0 Å². The predicted octanol–water partition coefficient (Wildman–Crippen LogP) is 3.86. The summed E-state index contributed by atoms with van der Waals surface area (Å²) in [5.41, 5.74) is 6.26. The van der Waals surface area contributed by atoms with Crippen molar-refractivity contribution in [3.8, 4) is 0 Å². The second-order valence-corrected chi connectivity index (χ2v) is 6.41. The summed E-state index contributed by atoms with van der Waals surface area (Å²) in [5, 5.41) is 9.82. The van der Waals surface area contributed by atoms with Crippen LogP contribution in [0.25, 0.3) is 10.9 Å². The number of hydroxylamine groups is 1. The molecule has 1 aromatic heterocycles. The Hall–Kier alpha value is -2.59. The molecule has 0 atom stereocenters. The molecule has 124 valence electrons. The van der Waals surface area contributed by atoms with Gasteiger partial charge in [0.2, 0.25) is 5.91 Å². The maximum absolute atomic E-state index is 11.5. The number of amides is 1. The molecule has 0 saturated heterocycles. The van der Waals surface area contributed by atoms with Crippen molar-refractivity contribution < 1.29 is 10.0 Å². The van der Waals surface area contributed by atoms with E-state index in [0.717, 1.165) is 23.0 Å². The molecule has 2 N–H and O–H groups in total. The normalized spacial score (nSPS) is 11.2. The molecule has 0 fully saturated rings. The minimum Gasteiger partial charge on any atom is -0.343 e. The van der Waals surface area contributed by atoms with Gasteiger partial charge in [-0.25, -0.2) is 5.48 Å². The molecule has 4 nitrogen and oxygen atoms in total. The Morgan fingerprint density at radius 3 is 2.50 bits per heavy atom. The highest BCUT2D eigenvalue weighted by atomic mass is 16.5. The van der Waals surface area contributed by atoms with E-state index in [2.05, 4.69) is 48.7 Å². The maximum atomic E-state index is 11.5. The zero-order chi connectivity index (χ0) is 17.1. The second-order valence-electron chi connectivity index (χ2n) is 6.41. The largest absolute Gasteiger partial charge is 0.343 e. The van der Waals surface area contributed by atoms with Crippen LogP contribution in [-0.4, -0.2) is 15.7 Å². The van der Waals surface area contributed by atoms with E-state index in [0.29, 0.717) is 5.92 Å². The summed E-state index contributed by atoms with van der Waals surface area (Å²) >= 11 is 0. The Morgan fingerprint density at radius 2 is 1.83 bits per heavy atom. The highest BCUT2D eigenvalue weighted by Crippen LogP contribution is 2.23. The number of aromatic nitrogens is 1. The van der Waals surface area contributed by atoms with E-state index in [-0.39, 0.29) is 6.42 Å². The molecule has 0 saturated carbocycles. The van der Waals surface area contributed by atoms with Crippen LogP contribution < -0.4 is 5.48 Å². The van der Waals surface area contributed by atoms with Crippen LogP contribution in [0.1, 0.15) is 36.5 Å². The molecule has 4 heteroatoms. The molecule has 24 heavy (non-hydrogen) atoms. The number of benzene rings is 2. The Bertz CT molecular complexity index is 848. The number of rotatable bonds is 5. The number of para-hydroxylation sites is 1. The lowest BCUT2D eigenvalue weighted by molar-refractivity contribution is -0.128. The van der Waals surface area contributed by atoms with E-state index in [1.807, 2.05) is 24.4 Å². The van der Waals surface area contributed by atoms with E-state index < -0.39 is 5.91 Å². The van der Waals surface area contributed by atoms with Gasteiger partial charge in [0.05, 0.1) is 6.42 Å². The standard InChI is InChI=1S/C20H22N2O2/c1-14(2)16-9-7-15(8-10-16)12-22-13-17(11-20(23)21-24)18-5-3-4-6-19(18)22/h3-10,13-14,24H,11-12H2,1-2H3,(H,21,23). The van der Waals surface area contributed by atoms with Gasteiger partial charge < -0.3 is 4.57 Å². The molecule has 0 spiro atoms. The summed E-state index contributed by atoms with van der Waals surface area (Å²) in [6.45, 7) is 5.12. The van der Waals surface area contributed by atoms with Gasteiger partial charge >= 0.3 is 0 Å². The summed E-state index contributed by atoms with van der Waals surface area (Å²) in [6, 6.07) is 16.7. The third-order valence-electron chi connectivity index (χ3n) is 4.35. The molecule has 0 unspecified atom stereocenters. The van der Waals surface area contributed by atoms with Gasteiger partial charge in [-0.05, 0) is 28.7 Å². The predicted molar refractivity (Wildman–Crippen MR) is 95.2 cm³/mol. The Morgan fingerprint density at radius 1 is 1.12 bits per heavy atom. The third-order valence-corrected chi connectivity index (χ3v) is 4.35. The molecular weight excluding hydrogens is 300 g/mol. The van der Waals surface area contributed by atoms with E-state index in [1.54, 1.807) is 5.48 Å². The minimum atomic E-state index is -0.404. The minimum absolute atomic E-state index is 0.163. The molecule has 3 aromatic rings. The van der Waals surface area contributed by atoms with Gasteiger partial charge in [-0.15, -0.1) is 0 Å². The van der Waals surface area contributed by atoms with E-state index in [4.69, 9.17) is 5.21 Å². The molecule has 1 amide bonds. The lowest BCUT2D eigenvalue weighted by Gasteiger charge is -2.09. The highest BCUT2D eigenvalue weighted by molar-refractivity contribution is 5.89. The SMILES string of the molecule is CC(C)c1ccc(Cn2cc(CC(=O)NO)c3ccccc32)cc1. The van der Waals surface area contributed by atoms with Gasteiger partial charge in [-0.3, -0.25) is 10.0 Å². The van der Waals surface area contributed by atoms with Gasteiger partial charge in [0.25, 0.3) is 0 Å². The number of carbonyl (C=O) groups excluding carboxylic acids is 1. The van der Waals surface area contributed by atoms with E-state index in [1.165, 1.54) is 11.1 Å². The van der Waals surface area contributed by atoms with Gasteiger partial charge in [0.15, 0.2) is 0 Å². The zero-order valence-electron chi connectivity index (χ0n) is 14.0. The van der Waals surface area contributed by atoms with Crippen LogP contribution in [-0.2, 0) is 17.8 Å². The van der Waals surface area contributed by atoms with Crippen molar-refractivity contribution in [2.45, 2.75) is 32.7 Å². The van der Waals surface area contributed by atoms with Gasteiger partial charge in [0.1, 0.15) is 0 Å². The lowest BCUT2D eigenvalue weighted by Crippen LogP contribution is -2.20. The number of fused-ring (bicyclic) bond motifs is 1. The molecule has 1 heterocycles. The summed E-state index contributed by atoms with van der Waals surface area (Å²) in [4.78, 5) is 11.5. The van der Waals surface area contributed by atoms with Crippen LogP contribution in [0.4, 0.5) is 0 Å². The monoisotopic (exact) mass is 322 g/mol. The van der Waals surface area contributed by atoms with Crippen molar-refractivity contribution in [2.75, 3.05) is 0 Å². The van der Waals surface area contributed by atoms with Crippen molar-refractivity contribution in [3.05, 3.63) is 71.4 Å². The molecule has 0 radical (unpaired) electrons. The van der Waals surface area contributed by atoms with Gasteiger partial charge in [0, 0.05) is 23.6 Å². The first kappa shape index (κ1) is 16.3. The van der Waals surface area contributed by atoms with E-state index >= 15 is 0 Å². The summed E-state index contributed by atoms with van der Waals surface area (Å²) in [5.74, 6) is 0.120. The number of nitrogens with one attached hydrogen (secondary N) is 1. The van der Waals surface area contributed by atoms with Crippen LogP contribution in [0.15, 0.2) is 54.7 Å². The summed E-state index contributed by atoms with van der Waals surface area (Å²) in [7, 11) is 0. The average molecular weight is 322 g/mol. The van der Waals surface area contributed by atoms with Gasteiger partial charge in [-0.2, -0.15) is 0 Å². The van der Waals surface area contributed by atoms with Crippen LogP contribution in [0.3, 0.4) is 0 Å². The quantitative estimate of drug-likeness (QED) is 0.553. The lowest BCUT2D eigenvalue weighted by atomic mass is 10.0. The summed E-state index contributed by atoms with van der Waals surface area (Å²) in [6.07, 6.45) is 2.16. The first-order valence-electron chi connectivity index (χ1n) is 8.17. The Balaban J connectivity index is 1.93. The van der Waals surface area contributed by atoms with Crippen molar-refractivity contribution >= 4 is 16.8 Å². The Labute approximate surface area is 141 Å². The van der Waals surface area contributed by atoms with Gasteiger partial charge in [-0.1, -0.05) is 56.3 Å². The van der Waals surface area contributed by atoms with E-state index in [9.17, 15) is 4.79 Å². The summed E-state index contributed by atoms with van der Waals surface area (Å²) < 4.78 is 2.15. The Kier molecular flexibility index (Phi) is 4.67. The fraction of sp³-hybridized carbons (Fsp3) is 0.250. The fourth-order valence-electron chi connectivity index (χ4n) is 3.01. The molecule has 3 rings (SSSR count). The molecule has 0 aliphatic rings. The van der Waals surface area contributed by atoms with Crippen molar-refractivity contribution in [1.82, 2.24) is 10.0 Å². The fourth-order valence-corrected chi connectivity index (χ4v) is 3.01. The smallest absolute Gasteiger partial charge is 0.247 e. The number of hydrogen-bond donors (Lipinski definition) is 2. The van der Waals surface area contributed by atoms with Crippen molar-refractivity contribution in [3.63, 3.8) is 0 Å². The topological polar surface area (TPSA) is 54.3 Å². The number of nitrogens with zero attached hydrogens (tertiary/aromatic N) is 1. The number of hydrogen-bond acceptors (Lipinski definition) is 2. The highest BCUT2D eigenvalue weighted by Gasteiger charge is 2.11. The van der Waals surface area contributed by atoms with Crippen molar-refractivity contribution in [1.29, 1.82) is 0 Å². The first-order valence-corrected chi connectivity index (χ1v) is 8.17. The molecule has 0 aliphatic carbocycles. The molecular formula is C20H22N2O2. The molecule has 0 aliphatic heterocycles. The average Bonchev–Trinajstić information content (AvgIpc) is 2.93. The maximum Gasteiger partial charge on any atom is 0.247 e. The first-order chi connectivity index (χ1) is 11.6. The molecule has 2 aromatic carbocycles. The molecule has 0 bridgehead atoms. The van der Waals surface area contributed by atoms with Crippen LogP contribution in [0, 0.1) is 0 Å². The van der Waals surface area contributed by atoms with Crippen LogP contribution in [0.5, 0.6) is 0 Å². The second kappa shape index (κ2) is 6.89. The third kappa shape index (κ3) is 3.34. The van der Waals surface area contributed by atoms with Crippen LogP contribution in [0.2, 0.25) is 0 Å². The number of carbonyl (C=O) groups is 1. The zero-order valence-corrected chi connectivity index (χ0v) is 14.0.